The highest BCUT2D eigenvalue weighted by Gasteiger charge is 2.22. The first kappa shape index (κ1) is 17.9. The summed E-state index contributed by atoms with van der Waals surface area (Å²) in [7, 11) is -1.95. The number of sulfonamides is 1. The summed E-state index contributed by atoms with van der Waals surface area (Å²) in [5.41, 5.74) is 0.924. The van der Waals surface area contributed by atoms with Crippen LogP contribution in [-0.2, 0) is 14.8 Å². The highest BCUT2D eigenvalue weighted by atomic mass is 32.2. The Bertz CT molecular complexity index is 512. The first-order chi connectivity index (χ1) is 9.90. The smallest absolute Gasteiger partial charge is 0.240 e. The molecule has 6 heteroatoms. The van der Waals surface area contributed by atoms with Crippen molar-refractivity contribution in [3.63, 3.8) is 0 Å². The Balaban J connectivity index is 2.81. The third-order valence-electron chi connectivity index (χ3n) is 3.20. The largest absolute Gasteiger partial charge is 0.385 e. The molecule has 1 unspecified atom stereocenters. The topological polar surface area (TPSA) is 67.4 Å². The molecule has 0 aliphatic carbocycles. The third-order valence-corrected chi connectivity index (χ3v) is 4.71. The summed E-state index contributed by atoms with van der Waals surface area (Å²) >= 11 is 0. The number of anilines is 1. The van der Waals surface area contributed by atoms with Gasteiger partial charge in [0.05, 0.1) is 11.5 Å². The molecular formula is C15H26N2O3S. The molecule has 0 fully saturated rings. The van der Waals surface area contributed by atoms with E-state index in [1.807, 2.05) is 13.8 Å². The second kappa shape index (κ2) is 8.36. The van der Waals surface area contributed by atoms with Crippen LogP contribution in [0.15, 0.2) is 29.2 Å². The van der Waals surface area contributed by atoms with Gasteiger partial charge in [0.2, 0.25) is 10.0 Å². The zero-order valence-electron chi connectivity index (χ0n) is 13.2. The van der Waals surface area contributed by atoms with Crippen molar-refractivity contribution in [2.45, 2.75) is 38.1 Å². The second-order valence-corrected chi connectivity index (χ2v) is 7.09. The lowest BCUT2D eigenvalue weighted by atomic mass is 10.1. The molecule has 0 spiro atoms. The van der Waals surface area contributed by atoms with Gasteiger partial charge in [0, 0.05) is 25.4 Å². The molecule has 5 nitrogen and oxygen atoms in total. The summed E-state index contributed by atoms with van der Waals surface area (Å²) in [6.45, 7) is 7.23. The van der Waals surface area contributed by atoms with Crippen molar-refractivity contribution in [2.75, 3.05) is 25.6 Å². The summed E-state index contributed by atoms with van der Waals surface area (Å²) in [6, 6.07) is 6.56. The van der Waals surface area contributed by atoms with Crippen LogP contribution in [0.1, 0.15) is 27.2 Å². The zero-order chi connectivity index (χ0) is 15.9. The highest BCUT2D eigenvalue weighted by Crippen LogP contribution is 2.15. The molecule has 0 amide bonds. The van der Waals surface area contributed by atoms with Crippen LogP contribution >= 0.6 is 0 Å². The van der Waals surface area contributed by atoms with Gasteiger partial charge < -0.3 is 10.1 Å². The SMILES string of the molecule is CCCNc1ccc(S(=O)(=O)NC(COC)C(C)C)cc1. The predicted octanol–water partition coefficient (Wildman–Crippen LogP) is 2.46. The quantitative estimate of drug-likeness (QED) is 0.735. The van der Waals surface area contributed by atoms with Crippen molar-refractivity contribution in [3.05, 3.63) is 24.3 Å². The van der Waals surface area contributed by atoms with Gasteiger partial charge in [0.1, 0.15) is 0 Å². The number of rotatable bonds is 9. The number of nitrogens with one attached hydrogen (secondary N) is 2. The monoisotopic (exact) mass is 314 g/mol. The van der Waals surface area contributed by atoms with Gasteiger partial charge in [-0.2, -0.15) is 0 Å². The van der Waals surface area contributed by atoms with Gasteiger partial charge in [0.25, 0.3) is 0 Å². The minimum Gasteiger partial charge on any atom is -0.385 e. The van der Waals surface area contributed by atoms with Crippen LogP contribution in [0.3, 0.4) is 0 Å². The molecule has 0 aliphatic rings. The molecule has 0 saturated heterocycles. The molecule has 0 aliphatic heterocycles. The van der Waals surface area contributed by atoms with Crippen molar-refractivity contribution in [3.8, 4) is 0 Å². The lowest BCUT2D eigenvalue weighted by Gasteiger charge is -2.21. The minimum absolute atomic E-state index is 0.158. The molecule has 2 N–H and O–H groups in total. The maximum atomic E-state index is 12.4. The van der Waals surface area contributed by atoms with E-state index < -0.39 is 10.0 Å². The van der Waals surface area contributed by atoms with Gasteiger partial charge in [-0.25, -0.2) is 13.1 Å². The van der Waals surface area contributed by atoms with Crippen LogP contribution in [0, 0.1) is 5.92 Å². The van der Waals surface area contributed by atoms with Gasteiger partial charge in [0.15, 0.2) is 0 Å². The number of hydrogen-bond acceptors (Lipinski definition) is 4. The van der Waals surface area contributed by atoms with Crippen LogP contribution < -0.4 is 10.0 Å². The fraction of sp³-hybridized carbons (Fsp3) is 0.600. The Morgan fingerprint density at radius 2 is 1.81 bits per heavy atom. The fourth-order valence-corrected chi connectivity index (χ4v) is 3.20. The van der Waals surface area contributed by atoms with E-state index in [0.717, 1.165) is 18.7 Å². The van der Waals surface area contributed by atoms with Crippen LogP contribution in [0.4, 0.5) is 5.69 Å². The average molecular weight is 314 g/mol. The fourth-order valence-electron chi connectivity index (χ4n) is 1.83. The summed E-state index contributed by atoms with van der Waals surface area (Å²) in [5.74, 6) is 0.158. The van der Waals surface area contributed by atoms with E-state index >= 15 is 0 Å². The molecule has 1 aromatic carbocycles. The van der Waals surface area contributed by atoms with Gasteiger partial charge >= 0.3 is 0 Å². The van der Waals surface area contributed by atoms with E-state index in [1.165, 1.54) is 0 Å². The van der Waals surface area contributed by atoms with Crippen LogP contribution in [0.5, 0.6) is 0 Å². The molecule has 21 heavy (non-hydrogen) atoms. The van der Waals surface area contributed by atoms with Crippen LogP contribution in [0.2, 0.25) is 0 Å². The standard InChI is InChI=1S/C15H26N2O3S/c1-5-10-16-13-6-8-14(9-7-13)21(18,19)17-15(11-20-4)12(2)3/h6-9,12,15-17H,5,10-11H2,1-4H3. The Labute approximate surface area is 128 Å². The Hall–Kier alpha value is -1.11. The molecule has 1 rings (SSSR count). The maximum absolute atomic E-state index is 12.4. The lowest BCUT2D eigenvalue weighted by molar-refractivity contribution is 0.157. The number of benzene rings is 1. The molecule has 1 aromatic rings. The normalized spacial score (nSPS) is 13.4. The van der Waals surface area contributed by atoms with E-state index in [-0.39, 0.29) is 16.9 Å². The average Bonchev–Trinajstić information content (AvgIpc) is 2.45. The first-order valence-electron chi connectivity index (χ1n) is 7.26. The predicted molar refractivity (Wildman–Crippen MR) is 86.0 cm³/mol. The van der Waals surface area contributed by atoms with Crippen LogP contribution in [0.25, 0.3) is 0 Å². The third kappa shape index (κ3) is 5.65. The van der Waals surface area contributed by atoms with Crippen molar-refractivity contribution in [1.29, 1.82) is 0 Å². The van der Waals surface area contributed by atoms with Crippen molar-refractivity contribution >= 4 is 15.7 Å². The molecule has 0 heterocycles. The Morgan fingerprint density at radius 3 is 2.29 bits per heavy atom. The van der Waals surface area contributed by atoms with Gasteiger partial charge in [-0.15, -0.1) is 0 Å². The van der Waals surface area contributed by atoms with E-state index in [1.54, 1.807) is 31.4 Å². The molecule has 0 radical (unpaired) electrons. The summed E-state index contributed by atoms with van der Waals surface area (Å²) in [4.78, 5) is 0.270. The lowest BCUT2D eigenvalue weighted by Crippen LogP contribution is -2.41. The van der Waals surface area contributed by atoms with E-state index in [4.69, 9.17) is 4.74 Å². The van der Waals surface area contributed by atoms with E-state index in [2.05, 4.69) is 17.0 Å². The molecule has 1 atom stereocenters. The number of ether oxygens (including phenoxy) is 1. The molecule has 0 aromatic heterocycles. The molecule has 0 bridgehead atoms. The van der Waals surface area contributed by atoms with Gasteiger partial charge in [-0.3, -0.25) is 0 Å². The van der Waals surface area contributed by atoms with Crippen molar-refractivity contribution < 1.29 is 13.2 Å². The molecule has 0 saturated carbocycles. The molecular weight excluding hydrogens is 288 g/mol. The van der Waals surface area contributed by atoms with Gasteiger partial charge in [-0.1, -0.05) is 20.8 Å². The Morgan fingerprint density at radius 1 is 1.19 bits per heavy atom. The maximum Gasteiger partial charge on any atom is 0.240 e. The highest BCUT2D eigenvalue weighted by molar-refractivity contribution is 7.89. The van der Waals surface area contributed by atoms with Crippen molar-refractivity contribution in [1.82, 2.24) is 4.72 Å². The van der Waals surface area contributed by atoms with E-state index in [0.29, 0.717) is 6.61 Å². The van der Waals surface area contributed by atoms with E-state index in [9.17, 15) is 8.42 Å². The Kier molecular flexibility index (Phi) is 7.14. The van der Waals surface area contributed by atoms with Crippen molar-refractivity contribution in [2.24, 2.45) is 5.92 Å². The minimum atomic E-state index is -3.52. The van der Waals surface area contributed by atoms with Crippen LogP contribution in [-0.4, -0.2) is 34.7 Å². The second-order valence-electron chi connectivity index (χ2n) is 5.38. The summed E-state index contributed by atoms with van der Waals surface area (Å²) in [6.07, 6.45) is 1.02. The molecule has 120 valence electrons. The van der Waals surface area contributed by atoms with Gasteiger partial charge in [-0.05, 0) is 36.6 Å². The first-order valence-corrected chi connectivity index (χ1v) is 8.74. The zero-order valence-corrected chi connectivity index (χ0v) is 14.0. The summed E-state index contributed by atoms with van der Waals surface area (Å²) in [5, 5.41) is 3.22. The number of hydrogen-bond donors (Lipinski definition) is 2. The summed E-state index contributed by atoms with van der Waals surface area (Å²) < 4.78 is 32.5. The number of methoxy groups -OCH3 is 1.